The van der Waals surface area contributed by atoms with E-state index < -0.39 is 0 Å². The van der Waals surface area contributed by atoms with Gasteiger partial charge in [-0.25, -0.2) is 0 Å². The number of hydrogen-bond donors (Lipinski definition) is 0. The van der Waals surface area contributed by atoms with Gasteiger partial charge < -0.3 is 19.0 Å². The predicted molar refractivity (Wildman–Crippen MR) is 93.6 cm³/mol. The number of ether oxygens (including phenoxy) is 1. The van der Waals surface area contributed by atoms with Crippen LogP contribution in [0.2, 0.25) is 0 Å². The highest BCUT2D eigenvalue weighted by Gasteiger charge is 2.38. The maximum atomic E-state index is 13.2. The lowest BCUT2D eigenvalue weighted by Gasteiger charge is -2.30. The molecule has 132 valence electrons. The summed E-state index contributed by atoms with van der Waals surface area (Å²) in [6.07, 6.45) is 5.46. The summed E-state index contributed by atoms with van der Waals surface area (Å²) < 4.78 is 10.9. The fourth-order valence-corrected chi connectivity index (χ4v) is 3.36. The Kier molecular flexibility index (Phi) is 4.44. The average Bonchev–Trinajstić information content (AvgIpc) is 3.34. The lowest BCUT2D eigenvalue weighted by atomic mass is 10.1. The topological polar surface area (TPSA) is 58.8 Å². The molecular formula is C19H23N3O3. The lowest BCUT2D eigenvalue weighted by Crippen LogP contribution is -2.37. The Labute approximate surface area is 147 Å². The second-order valence-electron chi connectivity index (χ2n) is 6.63. The molecule has 0 unspecified atom stereocenters. The highest BCUT2D eigenvalue weighted by Crippen LogP contribution is 2.35. The Morgan fingerprint density at radius 2 is 2.12 bits per heavy atom. The fourth-order valence-electron chi connectivity index (χ4n) is 3.36. The summed E-state index contributed by atoms with van der Waals surface area (Å²) in [6, 6.07) is 7.83. The van der Waals surface area contributed by atoms with Crippen LogP contribution < -0.4 is 4.90 Å². The van der Waals surface area contributed by atoms with Gasteiger partial charge in [0.1, 0.15) is 11.5 Å². The molecule has 0 aromatic carbocycles. The van der Waals surface area contributed by atoms with Gasteiger partial charge in [-0.2, -0.15) is 0 Å². The van der Waals surface area contributed by atoms with Crippen molar-refractivity contribution < 1.29 is 13.9 Å². The zero-order chi connectivity index (χ0) is 17.2. The molecule has 1 aliphatic carbocycles. The van der Waals surface area contributed by atoms with E-state index in [1.165, 1.54) is 0 Å². The molecule has 4 rings (SSSR count). The summed E-state index contributed by atoms with van der Waals surface area (Å²) in [6.45, 7) is 5.13. The molecule has 6 nitrogen and oxygen atoms in total. The van der Waals surface area contributed by atoms with Crippen molar-refractivity contribution in [3.63, 3.8) is 0 Å². The summed E-state index contributed by atoms with van der Waals surface area (Å²) in [7, 11) is 0. The number of carbonyl (C=O) groups is 1. The van der Waals surface area contributed by atoms with Crippen LogP contribution in [0.4, 0.5) is 5.69 Å². The normalized spacial score (nSPS) is 18.8. The summed E-state index contributed by atoms with van der Waals surface area (Å²) >= 11 is 0. The summed E-state index contributed by atoms with van der Waals surface area (Å²) in [5, 5.41) is 0. The minimum Gasteiger partial charge on any atom is -0.467 e. The second kappa shape index (κ2) is 6.88. The number of aromatic nitrogens is 1. The number of amides is 1. The van der Waals surface area contributed by atoms with Crippen molar-refractivity contribution >= 4 is 11.6 Å². The van der Waals surface area contributed by atoms with E-state index in [4.69, 9.17) is 9.15 Å². The molecule has 6 heteroatoms. The van der Waals surface area contributed by atoms with Crippen LogP contribution in [0.1, 0.15) is 42.1 Å². The summed E-state index contributed by atoms with van der Waals surface area (Å²) in [5.41, 5.74) is 1.53. The van der Waals surface area contributed by atoms with Gasteiger partial charge in [0.15, 0.2) is 0 Å². The summed E-state index contributed by atoms with van der Waals surface area (Å²) in [4.78, 5) is 21.7. The Bertz CT molecular complexity index is 721. The van der Waals surface area contributed by atoms with Crippen LogP contribution in [0.5, 0.6) is 0 Å². The molecule has 2 aromatic heterocycles. The Hall–Kier alpha value is -2.34. The van der Waals surface area contributed by atoms with Crippen LogP contribution in [0.25, 0.3) is 0 Å². The number of morpholine rings is 1. The first kappa shape index (κ1) is 16.1. The van der Waals surface area contributed by atoms with Crippen molar-refractivity contribution in [1.82, 2.24) is 9.88 Å². The molecule has 0 spiro atoms. The van der Waals surface area contributed by atoms with E-state index in [9.17, 15) is 4.79 Å². The highest BCUT2D eigenvalue weighted by atomic mass is 16.5. The molecule has 1 saturated carbocycles. The van der Waals surface area contributed by atoms with Crippen LogP contribution in [0.15, 0.2) is 41.1 Å². The minimum atomic E-state index is -0.0937. The van der Waals surface area contributed by atoms with Gasteiger partial charge in [-0.15, -0.1) is 0 Å². The maximum Gasteiger partial charge on any atom is 0.273 e. The van der Waals surface area contributed by atoms with Gasteiger partial charge in [0.2, 0.25) is 0 Å². The lowest BCUT2D eigenvalue weighted by molar-refractivity contribution is 0.0646. The van der Waals surface area contributed by atoms with E-state index in [-0.39, 0.29) is 18.0 Å². The molecule has 2 fully saturated rings. The van der Waals surface area contributed by atoms with Gasteiger partial charge in [0.25, 0.3) is 5.91 Å². The SMILES string of the molecule is C[C@@H](c1ccco1)N(C(=O)c1cc(N2CCOCC2)ccn1)C1CC1. The fraction of sp³-hybridized carbons (Fsp3) is 0.474. The Balaban J connectivity index is 1.58. The number of hydrogen-bond acceptors (Lipinski definition) is 5. The van der Waals surface area contributed by atoms with Crippen molar-refractivity contribution in [2.75, 3.05) is 31.2 Å². The van der Waals surface area contributed by atoms with Crippen molar-refractivity contribution in [2.45, 2.75) is 31.8 Å². The quantitative estimate of drug-likeness (QED) is 0.837. The average molecular weight is 341 g/mol. The van der Waals surface area contributed by atoms with Crippen LogP contribution in [-0.4, -0.2) is 48.1 Å². The molecule has 1 amide bonds. The third-order valence-corrected chi connectivity index (χ3v) is 4.89. The molecule has 1 atom stereocenters. The first-order valence-electron chi connectivity index (χ1n) is 8.89. The molecule has 1 saturated heterocycles. The van der Waals surface area contributed by atoms with Gasteiger partial charge in [-0.3, -0.25) is 9.78 Å². The second-order valence-corrected chi connectivity index (χ2v) is 6.63. The van der Waals surface area contributed by atoms with Gasteiger partial charge >= 0.3 is 0 Å². The maximum absolute atomic E-state index is 13.2. The minimum absolute atomic E-state index is 0.0264. The van der Waals surface area contributed by atoms with Gasteiger partial charge in [-0.05, 0) is 44.0 Å². The molecular weight excluding hydrogens is 318 g/mol. The van der Waals surface area contributed by atoms with E-state index in [2.05, 4.69) is 9.88 Å². The van der Waals surface area contributed by atoms with Crippen LogP contribution in [0.3, 0.4) is 0 Å². The Morgan fingerprint density at radius 1 is 1.32 bits per heavy atom. The molecule has 1 aliphatic heterocycles. The van der Waals surface area contributed by atoms with Gasteiger partial charge in [-0.1, -0.05) is 0 Å². The third kappa shape index (κ3) is 3.39. The predicted octanol–water partition coefficient (Wildman–Crippen LogP) is 2.88. The zero-order valence-corrected chi connectivity index (χ0v) is 14.4. The number of nitrogens with zero attached hydrogens (tertiary/aromatic N) is 3. The van der Waals surface area contributed by atoms with Crippen molar-refractivity contribution in [2.24, 2.45) is 0 Å². The molecule has 0 radical (unpaired) electrons. The number of rotatable bonds is 5. The Morgan fingerprint density at radius 3 is 2.80 bits per heavy atom. The molecule has 3 heterocycles. The largest absolute Gasteiger partial charge is 0.467 e. The first-order valence-corrected chi connectivity index (χ1v) is 8.89. The standard InChI is InChI=1S/C19H23N3O3/c1-14(18-3-2-10-25-18)22(15-4-5-15)19(23)17-13-16(6-7-20-17)21-8-11-24-12-9-21/h2-3,6-7,10,13-15H,4-5,8-9,11-12H2,1H3/t14-/m0/s1. The van der Waals surface area contributed by atoms with Crippen LogP contribution in [0, 0.1) is 0 Å². The van der Waals surface area contributed by atoms with Gasteiger partial charge in [0.05, 0.1) is 25.5 Å². The summed E-state index contributed by atoms with van der Waals surface area (Å²) in [5.74, 6) is 0.783. The van der Waals surface area contributed by atoms with E-state index in [0.29, 0.717) is 5.69 Å². The van der Waals surface area contributed by atoms with Crippen molar-refractivity contribution in [3.8, 4) is 0 Å². The first-order chi connectivity index (χ1) is 12.2. The number of anilines is 1. The molecule has 0 N–H and O–H groups in total. The number of furan rings is 1. The smallest absolute Gasteiger partial charge is 0.273 e. The van der Waals surface area contributed by atoms with E-state index in [0.717, 1.165) is 50.6 Å². The van der Waals surface area contributed by atoms with Crippen LogP contribution in [-0.2, 0) is 4.74 Å². The van der Waals surface area contributed by atoms with E-state index in [1.807, 2.05) is 36.1 Å². The zero-order valence-electron chi connectivity index (χ0n) is 14.4. The number of carbonyl (C=O) groups excluding carboxylic acids is 1. The van der Waals surface area contributed by atoms with Gasteiger partial charge in [0, 0.05) is 31.0 Å². The number of pyridine rings is 1. The van der Waals surface area contributed by atoms with Crippen molar-refractivity contribution in [3.05, 3.63) is 48.2 Å². The monoisotopic (exact) mass is 341 g/mol. The molecule has 2 aromatic rings. The van der Waals surface area contributed by atoms with E-state index >= 15 is 0 Å². The molecule has 2 aliphatic rings. The van der Waals surface area contributed by atoms with Crippen molar-refractivity contribution in [1.29, 1.82) is 0 Å². The molecule has 25 heavy (non-hydrogen) atoms. The molecule has 0 bridgehead atoms. The third-order valence-electron chi connectivity index (χ3n) is 4.89. The van der Waals surface area contributed by atoms with E-state index in [1.54, 1.807) is 12.5 Å². The highest BCUT2D eigenvalue weighted by molar-refractivity contribution is 5.93. The van der Waals surface area contributed by atoms with Crippen LogP contribution >= 0.6 is 0 Å².